The summed E-state index contributed by atoms with van der Waals surface area (Å²) in [5, 5.41) is 11.8. The molecule has 0 aromatic heterocycles. The number of hydrogen-bond acceptors (Lipinski definition) is 2. The predicted octanol–water partition coefficient (Wildman–Crippen LogP) is 2.56. The first-order valence-corrected chi connectivity index (χ1v) is 5.27. The molecule has 0 rings (SSSR count). The van der Waals surface area contributed by atoms with Gasteiger partial charge in [0.25, 0.3) is 0 Å². The van der Waals surface area contributed by atoms with E-state index in [0.29, 0.717) is 0 Å². The fourth-order valence-electron chi connectivity index (χ4n) is 1.17. The third-order valence-electron chi connectivity index (χ3n) is 2.06. The van der Waals surface area contributed by atoms with Crippen LogP contribution < -0.4 is 5.32 Å². The van der Waals surface area contributed by atoms with Gasteiger partial charge in [0.05, 0.1) is 12.0 Å². The van der Waals surface area contributed by atoms with E-state index in [1.54, 1.807) is 0 Å². The van der Waals surface area contributed by atoms with Crippen LogP contribution >= 0.6 is 0 Å². The van der Waals surface area contributed by atoms with Crippen LogP contribution in [0.2, 0.25) is 0 Å². The van der Waals surface area contributed by atoms with Crippen LogP contribution in [0.15, 0.2) is 0 Å². The number of nitrogens with zero attached hydrogens (tertiary/aromatic N) is 1. The molecule has 0 fully saturated rings. The smallest absolute Gasteiger partial charge is 0.0666 e. The first kappa shape index (κ1) is 12.4. The number of nitrogens with one attached hydrogen (secondary N) is 1. The third kappa shape index (κ3) is 9.36. The molecule has 1 N–H and O–H groups in total. The Bertz CT molecular complexity index is 147. The van der Waals surface area contributed by atoms with Crippen molar-refractivity contribution >= 4 is 0 Å². The van der Waals surface area contributed by atoms with E-state index in [-0.39, 0.29) is 5.92 Å². The molecule has 0 saturated carbocycles. The number of rotatable bonds is 7. The van der Waals surface area contributed by atoms with Gasteiger partial charge in [-0.3, -0.25) is 0 Å². The molecule has 13 heavy (non-hydrogen) atoms. The lowest BCUT2D eigenvalue weighted by Crippen LogP contribution is -2.21. The van der Waals surface area contributed by atoms with Gasteiger partial charge in [-0.2, -0.15) is 5.26 Å². The average molecular weight is 182 g/mol. The molecule has 1 unspecified atom stereocenters. The second-order valence-electron chi connectivity index (χ2n) is 4.12. The molecule has 0 saturated heterocycles. The van der Waals surface area contributed by atoms with E-state index in [9.17, 15) is 0 Å². The van der Waals surface area contributed by atoms with Crippen molar-refractivity contribution in [3.8, 4) is 6.07 Å². The zero-order valence-electron chi connectivity index (χ0n) is 9.14. The minimum Gasteiger partial charge on any atom is -0.315 e. The summed E-state index contributed by atoms with van der Waals surface area (Å²) in [6.07, 6.45) is 3.84. The maximum absolute atomic E-state index is 8.52. The second kappa shape index (κ2) is 8.07. The van der Waals surface area contributed by atoms with Gasteiger partial charge in [0.1, 0.15) is 0 Å². The van der Waals surface area contributed by atoms with E-state index in [2.05, 4.69) is 25.2 Å². The van der Waals surface area contributed by atoms with E-state index in [1.165, 1.54) is 19.3 Å². The highest BCUT2D eigenvalue weighted by molar-refractivity contribution is 4.79. The van der Waals surface area contributed by atoms with E-state index in [4.69, 9.17) is 5.26 Å². The molecule has 0 aromatic carbocycles. The summed E-state index contributed by atoms with van der Waals surface area (Å²) >= 11 is 0. The molecule has 0 aliphatic heterocycles. The lowest BCUT2D eigenvalue weighted by atomic mass is 10.1. The van der Waals surface area contributed by atoms with Crippen molar-refractivity contribution in [2.45, 2.75) is 40.0 Å². The molecule has 0 heterocycles. The largest absolute Gasteiger partial charge is 0.315 e. The molecule has 0 aliphatic rings. The van der Waals surface area contributed by atoms with Crippen molar-refractivity contribution in [1.82, 2.24) is 5.32 Å². The molecule has 1 atom stereocenters. The first-order valence-electron chi connectivity index (χ1n) is 5.27. The van der Waals surface area contributed by atoms with E-state index in [0.717, 1.165) is 19.0 Å². The van der Waals surface area contributed by atoms with Crippen LogP contribution in [-0.4, -0.2) is 13.1 Å². The summed E-state index contributed by atoms with van der Waals surface area (Å²) in [6.45, 7) is 8.34. The van der Waals surface area contributed by atoms with Gasteiger partial charge >= 0.3 is 0 Å². The van der Waals surface area contributed by atoms with Crippen LogP contribution in [0.4, 0.5) is 0 Å². The van der Waals surface area contributed by atoms with Crippen LogP contribution in [0, 0.1) is 23.2 Å². The second-order valence-corrected chi connectivity index (χ2v) is 4.12. The lowest BCUT2D eigenvalue weighted by molar-refractivity contribution is 0.511. The molecule has 0 bridgehead atoms. The number of hydrogen-bond donors (Lipinski definition) is 1. The molecule has 2 nitrogen and oxygen atoms in total. The zero-order chi connectivity index (χ0) is 10.1. The molecule has 0 spiro atoms. The molecule has 0 amide bonds. The van der Waals surface area contributed by atoms with Gasteiger partial charge in [-0.15, -0.1) is 0 Å². The highest BCUT2D eigenvalue weighted by Gasteiger charge is 1.97. The minimum atomic E-state index is 0.144. The Morgan fingerprint density at radius 2 is 1.92 bits per heavy atom. The quantitative estimate of drug-likeness (QED) is 0.614. The summed E-state index contributed by atoms with van der Waals surface area (Å²) in [5.41, 5.74) is 0. The van der Waals surface area contributed by atoms with Crippen molar-refractivity contribution in [2.75, 3.05) is 13.1 Å². The topological polar surface area (TPSA) is 35.8 Å². The van der Waals surface area contributed by atoms with Gasteiger partial charge in [0, 0.05) is 6.54 Å². The molecular formula is C11H22N2. The summed E-state index contributed by atoms with van der Waals surface area (Å²) in [6, 6.07) is 2.21. The molecule has 0 radical (unpaired) electrons. The van der Waals surface area contributed by atoms with Crippen molar-refractivity contribution < 1.29 is 0 Å². The molecule has 2 heteroatoms. The molecular weight excluding hydrogens is 160 g/mol. The van der Waals surface area contributed by atoms with Gasteiger partial charge in [0.15, 0.2) is 0 Å². The van der Waals surface area contributed by atoms with E-state index < -0.39 is 0 Å². The fraction of sp³-hybridized carbons (Fsp3) is 0.909. The minimum absolute atomic E-state index is 0.144. The predicted molar refractivity (Wildman–Crippen MR) is 56.3 cm³/mol. The monoisotopic (exact) mass is 182 g/mol. The molecule has 0 aromatic rings. The molecule has 76 valence electrons. The Labute approximate surface area is 82.3 Å². The van der Waals surface area contributed by atoms with Crippen molar-refractivity contribution in [2.24, 2.45) is 11.8 Å². The van der Waals surface area contributed by atoms with Gasteiger partial charge in [-0.05, 0) is 25.8 Å². The highest BCUT2D eigenvalue weighted by atomic mass is 14.8. The Hall–Kier alpha value is -0.550. The zero-order valence-corrected chi connectivity index (χ0v) is 9.14. The van der Waals surface area contributed by atoms with Crippen molar-refractivity contribution in [1.29, 1.82) is 5.26 Å². The van der Waals surface area contributed by atoms with Crippen LogP contribution in [-0.2, 0) is 0 Å². The van der Waals surface area contributed by atoms with Crippen molar-refractivity contribution in [3.63, 3.8) is 0 Å². The standard InChI is InChI=1S/C11H22N2/c1-10(2)6-4-5-7-13-9-11(3)8-12/h10-11,13H,4-7,9H2,1-3H3. The summed E-state index contributed by atoms with van der Waals surface area (Å²) in [4.78, 5) is 0. The summed E-state index contributed by atoms with van der Waals surface area (Å²) < 4.78 is 0. The lowest BCUT2D eigenvalue weighted by Gasteiger charge is -2.06. The van der Waals surface area contributed by atoms with Crippen LogP contribution in [0.5, 0.6) is 0 Å². The maximum Gasteiger partial charge on any atom is 0.0666 e. The van der Waals surface area contributed by atoms with Crippen LogP contribution in [0.3, 0.4) is 0 Å². The maximum atomic E-state index is 8.52. The Morgan fingerprint density at radius 1 is 1.23 bits per heavy atom. The average Bonchev–Trinajstić information content (AvgIpc) is 2.10. The van der Waals surface area contributed by atoms with Crippen LogP contribution in [0.1, 0.15) is 40.0 Å². The summed E-state index contributed by atoms with van der Waals surface area (Å²) in [5.74, 6) is 0.961. The Morgan fingerprint density at radius 3 is 2.46 bits per heavy atom. The highest BCUT2D eigenvalue weighted by Crippen LogP contribution is 2.05. The molecule has 0 aliphatic carbocycles. The first-order chi connectivity index (χ1) is 6.16. The normalized spacial score (nSPS) is 12.8. The van der Waals surface area contributed by atoms with E-state index >= 15 is 0 Å². The third-order valence-corrected chi connectivity index (χ3v) is 2.06. The number of unbranched alkanes of at least 4 members (excludes halogenated alkanes) is 1. The van der Waals surface area contributed by atoms with E-state index in [1.807, 2.05) is 6.92 Å². The Balaban J connectivity index is 3.05. The number of nitriles is 1. The Kier molecular flexibility index (Phi) is 7.73. The SMILES string of the molecule is CC(C)CCCCNCC(C)C#N. The van der Waals surface area contributed by atoms with Gasteiger partial charge in [0.2, 0.25) is 0 Å². The van der Waals surface area contributed by atoms with Gasteiger partial charge in [-0.1, -0.05) is 26.7 Å². The van der Waals surface area contributed by atoms with Crippen molar-refractivity contribution in [3.05, 3.63) is 0 Å². The van der Waals surface area contributed by atoms with Crippen LogP contribution in [0.25, 0.3) is 0 Å². The van der Waals surface area contributed by atoms with Gasteiger partial charge in [-0.25, -0.2) is 0 Å². The summed E-state index contributed by atoms with van der Waals surface area (Å²) in [7, 11) is 0. The van der Waals surface area contributed by atoms with Gasteiger partial charge < -0.3 is 5.32 Å². The fourth-order valence-corrected chi connectivity index (χ4v) is 1.17.